The van der Waals surface area contributed by atoms with Gasteiger partial charge in [-0.05, 0) is 60.1 Å². The highest BCUT2D eigenvalue weighted by Crippen LogP contribution is 2.24. The summed E-state index contributed by atoms with van der Waals surface area (Å²) in [6, 6.07) is 7.00. The van der Waals surface area contributed by atoms with E-state index in [9.17, 15) is 4.79 Å². The lowest BCUT2D eigenvalue weighted by Crippen LogP contribution is -2.39. The Morgan fingerprint density at radius 1 is 1.32 bits per heavy atom. The normalized spacial score (nSPS) is 26.3. The van der Waals surface area contributed by atoms with Crippen LogP contribution in [0.1, 0.15) is 29.6 Å². The molecule has 5 heteroatoms. The van der Waals surface area contributed by atoms with Crippen molar-refractivity contribution in [2.45, 2.75) is 31.3 Å². The number of hydrogen-bond donors (Lipinski definition) is 1. The predicted molar refractivity (Wildman–Crippen MR) is 87.3 cm³/mol. The topological polar surface area (TPSA) is 32.3 Å². The molecule has 19 heavy (non-hydrogen) atoms. The van der Waals surface area contributed by atoms with Crippen LogP contribution in [0.25, 0.3) is 0 Å². The highest BCUT2D eigenvalue weighted by Gasteiger charge is 2.31. The molecular weight excluding hydrogens is 419 g/mol. The molecule has 102 valence electrons. The van der Waals surface area contributed by atoms with Crippen molar-refractivity contribution in [2.24, 2.45) is 0 Å². The van der Waals surface area contributed by atoms with Crippen molar-refractivity contribution in [1.29, 1.82) is 0 Å². The van der Waals surface area contributed by atoms with E-state index >= 15 is 0 Å². The summed E-state index contributed by atoms with van der Waals surface area (Å²) in [5, 5.41) is 3.61. The quantitative estimate of drug-likeness (QED) is 0.689. The summed E-state index contributed by atoms with van der Waals surface area (Å²) >= 11 is 5.69. The molecule has 2 unspecified atom stereocenters. The summed E-state index contributed by atoms with van der Waals surface area (Å²) in [5.41, 5.74) is 0.813. The average Bonchev–Trinajstić information content (AvgIpc) is 2.71. The van der Waals surface area contributed by atoms with Gasteiger partial charge in [-0.3, -0.25) is 4.79 Å². The van der Waals surface area contributed by atoms with E-state index < -0.39 is 0 Å². The molecule has 0 aliphatic carbocycles. The van der Waals surface area contributed by atoms with Gasteiger partial charge >= 0.3 is 0 Å². The van der Waals surface area contributed by atoms with E-state index in [0.717, 1.165) is 33.1 Å². The van der Waals surface area contributed by atoms with Crippen LogP contribution in [0.2, 0.25) is 0 Å². The number of carbonyl (C=O) groups excluding carboxylic acids is 1. The number of hydrogen-bond acceptors (Lipinski definition) is 2. The molecule has 2 aliphatic heterocycles. The van der Waals surface area contributed by atoms with Gasteiger partial charge in [-0.2, -0.15) is 0 Å². The third kappa shape index (κ3) is 2.97. The third-order valence-corrected chi connectivity index (χ3v) is 5.40. The molecular formula is C14H16BrIN2O. The molecule has 2 saturated heterocycles. The Hall–Kier alpha value is -0.140. The second-order valence-electron chi connectivity index (χ2n) is 5.30. The fourth-order valence-corrected chi connectivity index (χ4v) is 3.89. The molecule has 3 rings (SSSR count). The predicted octanol–water partition coefficient (Wildman–Crippen LogP) is 3.02. The fourth-order valence-electron chi connectivity index (χ4n) is 2.96. The van der Waals surface area contributed by atoms with E-state index in [-0.39, 0.29) is 5.91 Å². The Bertz CT molecular complexity index is 508. The van der Waals surface area contributed by atoms with Gasteiger partial charge in [-0.25, -0.2) is 0 Å². The van der Waals surface area contributed by atoms with Crippen LogP contribution in [0.3, 0.4) is 0 Å². The zero-order chi connectivity index (χ0) is 13.4. The molecule has 0 spiro atoms. The van der Waals surface area contributed by atoms with E-state index in [1.165, 1.54) is 12.8 Å². The molecule has 2 bridgehead atoms. The van der Waals surface area contributed by atoms with Gasteiger partial charge in [0.15, 0.2) is 0 Å². The van der Waals surface area contributed by atoms with E-state index in [2.05, 4.69) is 43.8 Å². The van der Waals surface area contributed by atoms with Crippen LogP contribution in [-0.2, 0) is 0 Å². The smallest absolute Gasteiger partial charge is 0.255 e. The van der Waals surface area contributed by atoms with Crippen LogP contribution in [0, 0.1) is 3.57 Å². The fraction of sp³-hybridized carbons (Fsp3) is 0.500. The minimum atomic E-state index is 0.167. The Morgan fingerprint density at radius 3 is 2.95 bits per heavy atom. The number of amides is 1. The van der Waals surface area contributed by atoms with Gasteiger partial charge in [0.1, 0.15) is 0 Å². The number of rotatable bonds is 1. The molecule has 2 aliphatic rings. The van der Waals surface area contributed by atoms with Gasteiger partial charge in [-0.1, -0.05) is 15.9 Å². The number of fused-ring (bicyclic) bond motifs is 2. The lowest BCUT2D eigenvalue weighted by molar-refractivity contribution is 0.0747. The van der Waals surface area contributed by atoms with Crippen molar-refractivity contribution in [3.8, 4) is 0 Å². The SMILES string of the molecule is O=C(c1cc(Br)ccc1I)N1CCC2CCC(C1)N2. The van der Waals surface area contributed by atoms with Crippen LogP contribution < -0.4 is 5.32 Å². The van der Waals surface area contributed by atoms with E-state index in [1.54, 1.807) is 0 Å². The molecule has 2 heterocycles. The standard InChI is InChI=1S/C14H16BrIN2O/c15-9-1-4-13(16)12(7-9)14(19)18-6-5-10-2-3-11(8-18)17-10/h1,4,7,10-11,17H,2-3,5-6,8H2. The average molecular weight is 435 g/mol. The molecule has 1 aromatic rings. The van der Waals surface area contributed by atoms with Gasteiger partial charge in [0.2, 0.25) is 0 Å². The zero-order valence-electron chi connectivity index (χ0n) is 10.5. The van der Waals surface area contributed by atoms with E-state index in [4.69, 9.17) is 0 Å². The Morgan fingerprint density at radius 2 is 2.11 bits per heavy atom. The number of nitrogens with one attached hydrogen (secondary N) is 1. The third-order valence-electron chi connectivity index (χ3n) is 3.97. The maximum absolute atomic E-state index is 12.7. The molecule has 2 fully saturated rings. The van der Waals surface area contributed by atoms with Crippen molar-refractivity contribution in [1.82, 2.24) is 10.2 Å². The first kappa shape index (κ1) is 13.8. The molecule has 1 aromatic carbocycles. The first-order valence-corrected chi connectivity index (χ1v) is 8.51. The van der Waals surface area contributed by atoms with E-state index in [0.29, 0.717) is 12.1 Å². The van der Waals surface area contributed by atoms with Crippen LogP contribution in [0.15, 0.2) is 22.7 Å². The van der Waals surface area contributed by atoms with Crippen molar-refractivity contribution >= 4 is 44.4 Å². The summed E-state index contributed by atoms with van der Waals surface area (Å²) in [7, 11) is 0. The summed E-state index contributed by atoms with van der Waals surface area (Å²) in [5.74, 6) is 0.167. The van der Waals surface area contributed by atoms with Crippen molar-refractivity contribution < 1.29 is 4.79 Å². The van der Waals surface area contributed by atoms with Crippen molar-refractivity contribution in [2.75, 3.05) is 13.1 Å². The van der Waals surface area contributed by atoms with E-state index in [1.807, 2.05) is 23.1 Å². The molecule has 1 amide bonds. The number of benzene rings is 1. The number of nitrogens with zero attached hydrogens (tertiary/aromatic N) is 1. The summed E-state index contributed by atoms with van der Waals surface area (Å²) in [6.45, 7) is 1.72. The first-order chi connectivity index (χ1) is 9.13. The highest BCUT2D eigenvalue weighted by atomic mass is 127. The lowest BCUT2D eigenvalue weighted by Gasteiger charge is -2.24. The first-order valence-electron chi connectivity index (χ1n) is 6.64. The molecule has 0 aromatic heterocycles. The molecule has 0 radical (unpaired) electrons. The van der Waals surface area contributed by atoms with Gasteiger partial charge in [-0.15, -0.1) is 0 Å². The van der Waals surface area contributed by atoms with Crippen LogP contribution >= 0.6 is 38.5 Å². The van der Waals surface area contributed by atoms with Gasteiger partial charge in [0.05, 0.1) is 5.56 Å². The van der Waals surface area contributed by atoms with Gasteiger partial charge in [0.25, 0.3) is 5.91 Å². The largest absolute Gasteiger partial charge is 0.337 e. The summed E-state index contributed by atoms with van der Waals surface area (Å²) in [4.78, 5) is 14.7. The van der Waals surface area contributed by atoms with Crippen LogP contribution in [-0.4, -0.2) is 36.0 Å². The van der Waals surface area contributed by atoms with Crippen molar-refractivity contribution in [3.05, 3.63) is 31.8 Å². The van der Waals surface area contributed by atoms with Crippen molar-refractivity contribution in [3.63, 3.8) is 0 Å². The monoisotopic (exact) mass is 434 g/mol. The highest BCUT2D eigenvalue weighted by molar-refractivity contribution is 14.1. The molecule has 2 atom stereocenters. The number of likely N-dealkylation sites (tertiary alicyclic amines) is 1. The zero-order valence-corrected chi connectivity index (χ0v) is 14.3. The number of halogens is 2. The number of carbonyl (C=O) groups is 1. The second-order valence-corrected chi connectivity index (χ2v) is 7.38. The minimum absolute atomic E-state index is 0.167. The summed E-state index contributed by atoms with van der Waals surface area (Å²) in [6.07, 6.45) is 3.54. The van der Waals surface area contributed by atoms with Gasteiger partial charge < -0.3 is 10.2 Å². The van der Waals surface area contributed by atoms with Crippen LogP contribution in [0.4, 0.5) is 0 Å². The Labute approximate surface area is 135 Å². The maximum atomic E-state index is 12.7. The maximum Gasteiger partial charge on any atom is 0.255 e. The molecule has 0 saturated carbocycles. The molecule has 1 N–H and O–H groups in total. The molecule has 3 nitrogen and oxygen atoms in total. The van der Waals surface area contributed by atoms with Crippen LogP contribution in [0.5, 0.6) is 0 Å². The second kappa shape index (κ2) is 5.69. The van der Waals surface area contributed by atoms with Gasteiger partial charge in [0, 0.05) is 33.2 Å². The summed E-state index contributed by atoms with van der Waals surface area (Å²) < 4.78 is 1.99. The Kier molecular flexibility index (Phi) is 4.14. The minimum Gasteiger partial charge on any atom is -0.337 e. The lowest BCUT2D eigenvalue weighted by atomic mass is 10.1. The Balaban J connectivity index is 1.81.